The Kier molecular flexibility index (Phi) is 2.46. The fourth-order valence-corrected chi connectivity index (χ4v) is 2.27. The molecule has 0 radical (unpaired) electrons. The minimum absolute atomic E-state index is 0.313. The highest BCUT2D eigenvalue weighted by Gasteiger charge is 2.26. The smallest absolute Gasteiger partial charge is 0.188 e. The molecule has 2 aromatic rings. The molecular formula is C11H9N5S. The van der Waals surface area contributed by atoms with Crippen molar-refractivity contribution < 1.29 is 0 Å². The van der Waals surface area contributed by atoms with Crippen LogP contribution >= 0.6 is 11.3 Å². The predicted octanol–water partition coefficient (Wildman–Crippen LogP) is 2.43. The molecule has 3 rings (SSSR count). The maximum atomic E-state index is 8.61. The third-order valence-electron chi connectivity index (χ3n) is 2.52. The second kappa shape index (κ2) is 4.11. The molecule has 0 amide bonds. The summed E-state index contributed by atoms with van der Waals surface area (Å²) in [5.41, 5.74) is 1.48. The highest BCUT2D eigenvalue weighted by atomic mass is 32.1. The van der Waals surface area contributed by atoms with E-state index in [1.165, 1.54) is 30.9 Å². The molecule has 1 fully saturated rings. The fraction of sp³-hybridized carbons (Fsp3) is 0.273. The number of aromatic nitrogens is 3. The summed E-state index contributed by atoms with van der Waals surface area (Å²) in [5.74, 6) is 1.27. The molecule has 84 valence electrons. The van der Waals surface area contributed by atoms with Gasteiger partial charge in [-0.15, -0.1) is 11.3 Å². The molecule has 17 heavy (non-hydrogen) atoms. The van der Waals surface area contributed by atoms with Gasteiger partial charge in [0, 0.05) is 11.3 Å². The maximum absolute atomic E-state index is 8.61. The molecule has 0 spiro atoms. The molecular weight excluding hydrogens is 234 g/mol. The highest BCUT2D eigenvalue weighted by molar-refractivity contribution is 7.13. The van der Waals surface area contributed by atoms with E-state index in [2.05, 4.69) is 25.6 Å². The lowest BCUT2D eigenvalue weighted by Crippen LogP contribution is -1.95. The molecule has 1 saturated carbocycles. The Morgan fingerprint density at radius 3 is 2.88 bits per heavy atom. The van der Waals surface area contributed by atoms with Crippen LogP contribution in [0.5, 0.6) is 0 Å². The molecule has 0 saturated heterocycles. The average molecular weight is 243 g/mol. The van der Waals surface area contributed by atoms with Crippen molar-refractivity contribution >= 4 is 22.3 Å². The van der Waals surface area contributed by atoms with E-state index >= 15 is 0 Å². The second-order valence-corrected chi connectivity index (χ2v) is 4.73. The van der Waals surface area contributed by atoms with E-state index < -0.39 is 0 Å². The van der Waals surface area contributed by atoms with Crippen molar-refractivity contribution in [3.63, 3.8) is 0 Å². The van der Waals surface area contributed by atoms with Gasteiger partial charge in [-0.3, -0.25) is 0 Å². The molecule has 1 N–H and O–H groups in total. The van der Waals surface area contributed by atoms with Crippen molar-refractivity contribution in [2.24, 2.45) is 0 Å². The van der Waals surface area contributed by atoms with Crippen LogP contribution in [0.1, 0.15) is 30.1 Å². The van der Waals surface area contributed by atoms with Gasteiger partial charge in [0.25, 0.3) is 0 Å². The maximum Gasteiger partial charge on any atom is 0.188 e. The lowest BCUT2D eigenvalue weighted by atomic mass is 10.3. The van der Waals surface area contributed by atoms with Gasteiger partial charge in [-0.1, -0.05) is 0 Å². The Bertz CT molecular complexity index is 564. The standard InChI is InChI=1S/C11H9N5S/c12-3-8-4-14-10(5-13-8)16-11-15-9(6-17-11)7-1-2-7/h4-7H,1-2H2,(H,14,15,16). The van der Waals surface area contributed by atoms with Crippen LogP contribution in [-0.2, 0) is 0 Å². The third-order valence-corrected chi connectivity index (χ3v) is 3.29. The van der Waals surface area contributed by atoms with Gasteiger partial charge in [0.15, 0.2) is 16.6 Å². The number of nitriles is 1. The summed E-state index contributed by atoms with van der Waals surface area (Å²) >= 11 is 1.57. The Morgan fingerprint density at radius 2 is 2.24 bits per heavy atom. The minimum Gasteiger partial charge on any atom is -0.315 e. The van der Waals surface area contributed by atoms with Gasteiger partial charge in [0.05, 0.1) is 18.1 Å². The number of hydrogen-bond acceptors (Lipinski definition) is 6. The van der Waals surface area contributed by atoms with E-state index in [1.54, 1.807) is 11.3 Å². The van der Waals surface area contributed by atoms with Gasteiger partial charge in [-0.05, 0) is 12.8 Å². The Labute approximate surface area is 102 Å². The highest BCUT2D eigenvalue weighted by Crippen LogP contribution is 2.41. The lowest BCUT2D eigenvalue weighted by molar-refractivity contribution is 1.05. The number of thiazole rings is 1. The van der Waals surface area contributed by atoms with Crippen molar-refractivity contribution in [1.29, 1.82) is 5.26 Å². The Balaban J connectivity index is 1.74. The summed E-state index contributed by atoms with van der Waals surface area (Å²) in [4.78, 5) is 12.5. The van der Waals surface area contributed by atoms with Crippen LogP contribution in [0.15, 0.2) is 17.8 Å². The van der Waals surface area contributed by atoms with E-state index in [0.717, 1.165) is 5.13 Å². The molecule has 2 heterocycles. The van der Waals surface area contributed by atoms with E-state index in [1.807, 2.05) is 6.07 Å². The van der Waals surface area contributed by atoms with Crippen LogP contribution < -0.4 is 5.32 Å². The first-order valence-electron chi connectivity index (χ1n) is 5.30. The fourth-order valence-electron chi connectivity index (χ4n) is 1.47. The van der Waals surface area contributed by atoms with Crippen LogP contribution in [0, 0.1) is 11.3 Å². The molecule has 1 aliphatic carbocycles. The summed E-state index contributed by atoms with van der Waals surface area (Å²) in [5, 5.41) is 14.6. The van der Waals surface area contributed by atoms with Crippen LogP contribution in [0.3, 0.4) is 0 Å². The molecule has 0 bridgehead atoms. The molecule has 6 heteroatoms. The van der Waals surface area contributed by atoms with Gasteiger partial charge >= 0.3 is 0 Å². The molecule has 2 aromatic heterocycles. The normalized spacial score (nSPS) is 14.3. The first-order valence-corrected chi connectivity index (χ1v) is 6.18. The van der Waals surface area contributed by atoms with Crippen molar-refractivity contribution in [3.05, 3.63) is 29.2 Å². The lowest BCUT2D eigenvalue weighted by Gasteiger charge is -1.99. The molecule has 0 aliphatic heterocycles. The van der Waals surface area contributed by atoms with Crippen LogP contribution in [0.25, 0.3) is 0 Å². The van der Waals surface area contributed by atoms with Crippen LogP contribution in [0.4, 0.5) is 10.9 Å². The topological polar surface area (TPSA) is 74.5 Å². The second-order valence-electron chi connectivity index (χ2n) is 3.88. The summed E-state index contributed by atoms with van der Waals surface area (Å²) < 4.78 is 0. The van der Waals surface area contributed by atoms with Gasteiger partial charge in [-0.25, -0.2) is 15.0 Å². The SMILES string of the molecule is N#Cc1cnc(Nc2nc(C3CC3)cs2)cn1. The third kappa shape index (κ3) is 2.24. The molecule has 5 nitrogen and oxygen atoms in total. The van der Waals surface area contributed by atoms with Gasteiger partial charge in [-0.2, -0.15) is 5.26 Å². The van der Waals surface area contributed by atoms with Crippen molar-refractivity contribution in [3.8, 4) is 6.07 Å². The van der Waals surface area contributed by atoms with E-state index in [9.17, 15) is 0 Å². The summed E-state index contributed by atoms with van der Waals surface area (Å²) in [7, 11) is 0. The van der Waals surface area contributed by atoms with Gasteiger partial charge in [0.2, 0.25) is 0 Å². The zero-order valence-corrected chi connectivity index (χ0v) is 9.74. The average Bonchev–Trinajstić information content (AvgIpc) is 3.12. The predicted molar refractivity (Wildman–Crippen MR) is 64.1 cm³/mol. The summed E-state index contributed by atoms with van der Waals surface area (Å²) in [6, 6.07) is 1.93. The number of nitrogens with zero attached hydrogens (tertiary/aromatic N) is 4. The van der Waals surface area contributed by atoms with E-state index in [0.29, 0.717) is 17.4 Å². The Morgan fingerprint density at radius 1 is 1.35 bits per heavy atom. The Hall–Kier alpha value is -2.00. The number of rotatable bonds is 3. The van der Waals surface area contributed by atoms with Crippen molar-refractivity contribution in [2.45, 2.75) is 18.8 Å². The van der Waals surface area contributed by atoms with Gasteiger partial charge < -0.3 is 5.32 Å². The molecule has 1 aliphatic rings. The zero-order valence-electron chi connectivity index (χ0n) is 8.92. The van der Waals surface area contributed by atoms with E-state index in [4.69, 9.17) is 5.26 Å². The zero-order chi connectivity index (χ0) is 11.7. The monoisotopic (exact) mass is 243 g/mol. The number of nitrogens with one attached hydrogen (secondary N) is 1. The number of hydrogen-bond donors (Lipinski definition) is 1. The summed E-state index contributed by atoms with van der Waals surface area (Å²) in [6.45, 7) is 0. The minimum atomic E-state index is 0.313. The summed E-state index contributed by atoms with van der Waals surface area (Å²) in [6.07, 6.45) is 5.48. The van der Waals surface area contributed by atoms with Crippen LogP contribution in [-0.4, -0.2) is 15.0 Å². The van der Waals surface area contributed by atoms with Crippen LogP contribution in [0.2, 0.25) is 0 Å². The largest absolute Gasteiger partial charge is 0.315 e. The quantitative estimate of drug-likeness (QED) is 0.896. The molecule has 0 unspecified atom stereocenters. The first kappa shape index (κ1) is 10.2. The van der Waals surface area contributed by atoms with Crippen molar-refractivity contribution in [2.75, 3.05) is 5.32 Å². The van der Waals surface area contributed by atoms with E-state index in [-0.39, 0.29) is 0 Å². The van der Waals surface area contributed by atoms with Crippen molar-refractivity contribution in [1.82, 2.24) is 15.0 Å². The number of anilines is 2. The van der Waals surface area contributed by atoms with Gasteiger partial charge in [0.1, 0.15) is 6.07 Å². The first-order chi connectivity index (χ1) is 8.35. The molecule has 0 aromatic carbocycles. The molecule has 0 atom stereocenters.